The van der Waals surface area contributed by atoms with Gasteiger partial charge in [0.15, 0.2) is 0 Å². The molecule has 3 nitrogen and oxygen atoms in total. The molecule has 1 unspecified atom stereocenters. The third-order valence-electron chi connectivity index (χ3n) is 3.08. The van der Waals surface area contributed by atoms with Crippen molar-refractivity contribution in [2.24, 2.45) is 5.73 Å². The Hall–Kier alpha value is -0.870. The maximum Gasteiger partial charge on any atom is 0.108 e. The zero-order valence-electron chi connectivity index (χ0n) is 9.65. The Labute approximate surface area is 101 Å². The summed E-state index contributed by atoms with van der Waals surface area (Å²) < 4.78 is 0. The molecule has 0 amide bonds. The summed E-state index contributed by atoms with van der Waals surface area (Å²) in [6.07, 6.45) is 3.45. The van der Waals surface area contributed by atoms with Crippen LogP contribution in [0.4, 0.5) is 0 Å². The van der Waals surface area contributed by atoms with Crippen molar-refractivity contribution >= 4 is 17.2 Å². The van der Waals surface area contributed by atoms with Crippen molar-refractivity contribution in [1.82, 2.24) is 4.90 Å². The van der Waals surface area contributed by atoms with E-state index in [1.807, 2.05) is 0 Å². The van der Waals surface area contributed by atoms with Gasteiger partial charge in [0, 0.05) is 17.5 Å². The highest BCUT2D eigenvalue weighted by Crippen LogP contribution is 2.31. The van der Waals surface area contributed by atoms with Crippen molar-refractivity contribution in [2.45, 2.75) is 44.8 Å². The molecule has 1 saturated carbocycles. The summed E-state index contributed by atoms with van der Waals surface area (Å²) in [6, 6.07) is 5.01. The lowest BCUT2D eigenvalue weighted by Crippen LogP contribution is -2.44. The van der Waals surface area contributed by atoms with Crippen LogP contribution in [0, 0.1) is 5.41 Å². The number of thiophene rings is 1. The van der Waals surface area contributed by atoms with Crippen molar-refractivity contribution < 1.29 is 0 Å². The van der Waals surface area contributed by atoms with Gasteiger partial charge in [-0.15, -0.1) is 11.3 Å². The molecule has 1 fully saturated rings. The molecule has 1 aliphatic carbocycles. The highest BCUT2D eigenvalue weighted by atomic mass is 32.1. The van der Waals surface area contributed by atoms with Crippen LogP contribution in [0.3, 0.4) is 0 Å². The monoisotopic (exact) mass is 237 g/mol. The van der Waals surface area contributed by atoms with E-state index < -0.39 is 0 Å². The Bertz CT molecular complexity index is 343. The van der Waals surface area contributed by atoms with Gasteiger partial charge >= 0.3 is 0 Å². The van der Waals surface area contributed by atoms with Gasteiger partial charge in [-0.05, 0) is 30.7 Å². The minimum absolute atomic E-state index is 0.120. The second-order valence-corrected chi connectivity index (χ2v) is 5.39. The van der Waals surface area contributed by atoms with Gasteiger partial charge in [-0.25, -0.2) is 0 Å². The molecule has 0 aromatic carbocycles. The highest BCUT2D eigenvalue weighted by molar-refractivity contribution is 7.09. The van der Waals surface area contributed by atoms with Crippen molar-refractivity contribution in [2.75, 3.05) is 0 Å². The van der Waals surface area contributed by atoms with Gasteiger partial charge in [-0.3, -0.25) is 10.3 Å². The summed E-state index contributed by atoms with van der Waals surface area (Å²) in [4.78, 5) is 3.76. The van der Waals surface area contributed by atoms with E-state index in [-0.39, 0.29) is 6.04 Å². The van der Waals surface area contributed by atoms with E-state index >= 15 is 0 Å². The Morgan fingerprint density at radius 2 is 2.44 bits per heavy atom. The highest BCUT2D eigenvalue weighted by Gasteiger charge is 2.34. The van der Waals surface area contributed by atoms with Crippen LogP contribution >= 0.6 is 11.3 Å². The largest absolute Gasteiger partial charge is 0.386 e. The zero-order chi connectivity index (χ0) is 11.5. The molecule has 88 valence electrons. The van der Waals surface area contributed by atoms with Crippen molar-refractivity contribution in [3.63, 3.8) is 0 Å². The van der Waals surface area contributed by atoms with Gasteiger partial charge in [0.1, 0.15) is 5.84 Å². The maximum absolute atomic E-state index is 7.67. The number of amidine groups is 1. The van der Waals surface area contributed by atoms with Crippen LogP contribution in [0.1, 0.15) is 31.1 Å². The van der Waals surface area contributed by atoms with E-state index in [0.717, 1.165) is 13.0 Å². The molecular weight excluding hydrogens is 218 g/mol. The SMILES string of the molecule is CCC(C(=N)N)N(Cc1cccs1)C1CC1. The second-order valence-electron chi connectivity index (χ2n) is 4.36. The van der Waals surface area contributed by atoms with E-state index in [1.54, 1.807) is 11.3 Å². The number of nitrogens with zero attached hydrogens (tertiary/aromatic N) is 1. The zero-order valence-corrected chi connectivity index (χ0v) is 10.5. The summed E-state index contributed by atoms with van der Waals surface area (Å²) in [5.41, 5.74) is 5.69. The first-order valence-corrected chi connectivity index (χ1v) is 6.72. The number of hydrogen-bond acceptors (Lipinski definition) is 3. The lowest BCUT2D eigenvalue weighted by atomic mass is 10.1. The van der Waals surface area contributed by atoms with E-state index in [2.05, 4.69) is 29.3 Å². The second kappa shape index (κ2) is 4.97. The predicted octanol–water partition coefficient (Wildman–Crippen LogP) is 2.43. The standard InChI is InChI=1S/C12H19N3S/c1-2-11(12(13)14)15(9-5-6-9)8-10-4-3-7-16-10/h3-4,7,9,11H,2,5-6,8H2,1H3,(H3,13,14). The number of hydrogen-bond donors (Lipinski definition) is 2. The molecule has 1 atom stereocenters. The van der Waals surface area contributed by atoms with Gasteiger partial charge in [-0.2, -0.15) is 0 Å². The average molecular weight is 237 g/mol. The fourth-order valence-corrected chi connectivity index (χ4v) is 2.83. The lowest BCUT2D eigenvalue weighted by molar-refractivity contribution is 0.218. The molecule has 16 heavy (non-hydrogen) atoms. The molecule has 1 aromatic heterocycles. The van der Waals surface area contributed by atoms with Crippen LogP contribution in [-0.4, -0.2) is 22.8 Å². The smallest absolute Gasteiger partial charge is 0.108 e. The summed E-state index contributed by atoms with van der Waals surface area (Å²) >= 11 is 1.78. The van der Waals surface area contributed by atoms with E-state index in [0.29, 0.717) is 11.9 Å². The van der Waals surface area contributed by atoms with Crippen molar-refractivity contribution in [1.29, 1.82) is 5.41 Å². The fraction of sp³-hybridized carbons (Fsp3) is 0.583. The van der Waals surface area contributed by atoms with E-state index in [9.17, 15) is 0 Å². The molecule has 0 aliphatic heterocycles. The van der Waals surface area contributed by atoms with Crippen LogP contribution < -0.4 is 5.73 Å². The molecular formula is C12H19N3S. The molecule has 1 aliphatic rings. The van der Waals surface area contributed by atoms with Crippen LogP contribution in [0.2, 0.25) is 0 Å². The molecule has 1 heterocycles. The minimum atomic E-state index is 0.120. The Kier molecular flexibility index (Phi) is 3.61. The average Bonchev–Trinajstić information content (AvgIpc) is 2.96. The molecule has 3 N–H and O–H groups in total. The third-order valence-corrected chi connectivity index (χ3v) is 3.94. The molecule has 0 bridgehead atoms. The van der Waals surface area contributed by atoms with Gasteiger partial charge in [-0.1, -0.05) is 13.0 Å². The molecule has 4 heteroatoms. The summed E-state index contributed by atoms with van der Waals surface area (Å²) in [6.45, 7) is 3.05. The first-order chi connectivity index (χ1) is 7.72. The molecule has 2 rings (SSSR count). The first-order valence-electron chi connectivity index (χ1n) is 5.84. The lowest BCUT2D eigenvalue weighted by Gasteiger charge is -2.29. The Morgan fingerprint density at radius 3 is 2.88 bits per heavy atom. The fourth-order valence-electron chi connectivity index (χ4n) is 2.12. The Balaban J connectivity index is 2.07. The van der Waals surface area contributed by atoms with Crippen LogP contribution in [0.5, 0.6) is 0 Å². The predicted molar refractivity (Wildman–Crippen MR) is 68.9 cm³/mol. The van der Waals surface area contributed by atoms with Gasteiger partial charge in [0.05, 0.1) is 6.04 Å². The van der Waals surface area contributed by atoms with Crippen molar-refractivity contribution in [3.05, 3.63) is 22.4 Å². The summed E-state index contributed by atoms with van der Waals surface area (Å²) in [5, 5.41) is 9.78. The van der Waals surface area contributed by atoms with Gasteiger partial charge in [0.2, 0.25) is 0 Å². The van der Waals surface area contributed by atoms with E-state index in [4.69, 9.17) is 11.1 Å². The number of nitrogens with one attached hydrogen (secondary N) is 1. The molecule has 1 aromatic rings. The van der Waals surface area contributed by atoms with Gasteiger partial charge < -0.3 is 5.73 Å². The normalized spacial score (nSPS) is 17.6. The van der Waals surface area contributed by atoms with Gasteiger partial charge in [0.25, 0.3) is 0 Å². The van der Waals surface area contributed by atoms with E-state index in [1.165, 1.54) is 17.7 Å². The summed E-state index contributed by atoms with van der Waals surface area (Å²) in [7, 11) is 0. The quantitative estimate of drug-likeness (QED) is 0.590. The van der Waals surface area contributed by atoms with Crippen LogP contribution in [0.15, 0.2) is 17.5 Å². The van der Waals surface area contributed by atoms with Crippen LogP contribution in [-0.2, 0) is 6.54 Å². The number of rotatable bonds is 6. The third kappa shape index (κ3) is 2.62. The number of nitrogens with two attached hydrogens (primary N) is 1. The Morgan fingerprint density at radius 1 is 1.69 bits per heavy atom. The van der Waals surface area contributed by atoms with Crippen LogP contribution in [0.25, 0.3) is 0 Å². The maximum atomic E-state index is 7.67. The molecule has 0 spiro atoms. The molecule has 0 radical (unpaired) electrons. The minimum Gasteiger partial charge on any atom is -0.386 e. The topological polar surface area (TPSA) is 53.1 Å². The van der Waals surface area contributed by atoms with Crippen molar-refractivity contribution in [3.8, 4) is 0 Å². The molecule has 0 saturated heterocycles. The summed E-state index contributed by atoms with van der Waals surface area (Å²) in [5.74, 6) is 0.311. The first kappa shape index (κ1) is 11.6.